The van der Waals surface area contributed by atoms with Crippen LogP contribution in [-0.4, -0.2) is 0 Å². The third-order valence-electron chi connectivity index (χ3n) is 12.0. The van der Waals surface area contributed by atoms with Crippen LogP contribution < -0.4 is 4.90 Å². The molecule has 2 heteroatoms. The number of fused-ring (bicyclic) bond motifs is 11. The minimum absolute atomic E-state index is 0.893. The van der Waals surface area contributed by atoms with Crippen molar-refractivity contribution in [3.63, 3.8) is 0 Å². The third-order valence-corrected chi connectivity index (χ3v) is 12.0. The fourth-order valence-electron chi connectivity index (χ4n) is 9.34. The largest absolute Gasteiger partial charge is 0.455 e. The molecule has 12 aromatic rings. The molecule has 0 fully saturated rings. The van der Waals surface area contributed by atoms with Crippen molar-refractivity contribution in [2.45, 2.75) is 0 Å². The van der Waals surface area contributed by atoms with Crippen LogP contribution in [0.2, 0.25) is 0 Å². The molecule has 0 spiro atoms. The molecule has 0 aliphatic rings. The number of rotatable bonds is 5. The molecule has 1 heterocycles. The quantitative estimate of drug-likeness (QED) is 0.164. The first-order valence-corrected chi connectivity index (χ1v) is 19.9. The van der Waals surface area contributed by atoms with Crippen molar-refractivity contribution >= 4 is 92.9 Å². The molecule has 0 N–H and O–H groups in total. The number of benzene rings is 11. The fraction of sp³-hybridized carbons (Fsp3) is 0. The van der Waals surface area contributed by atoms with E-state index >= 15 is 0 Å². The van der Waals surface area contributed by atoms with Crippen LogP contribution in [0, 0.1) is 0 Å². The standard InChI is InChI=1S/C56H35NO/c1-4-16-43-36(11-1)27-32-50-45(19-8-21-48(43)50)39-25-30-41(31-26-39)57(53-23-9-22-49-44-17-5-2-12-37(44)28-33-51(49)53)42-15-7-14-40(35-42)46-20-10-24-54-55(46)52-34-29-38-13-3-6-18-47(38)56(52)58-54/h1-35H. The van der Waals surface area contributed by atoms with Gasteiger partial charge in [-0.05, 0) is 108 Å². The Balaban J connectivity index is 1.05. The Labute approximate surface area is 335 Å². The molecular formula is C56H35NO. The lowest BCUT2D eigenvalue weighted by Gasteiger charge is -2.28. The molecule has 0 saturated carbocycles. The highest BCUT2D eigenvalue weighted by Gasteiger charge is 2.20. The van der Waals surface area contributed by atoms with E-state index in [2.05, 4.69) is 217 Å². The lowest BCUT2D eigenvalue weighted by molar-refractivity contribution is 0.673. The van der Waals surface area contributed by atoms with Crippen LogP contribution in [0.1, 0.15) is 0 Å². The molecule has 12 rings (SSSR count). The van der Waals surface area contributed by atoms with E-state index < -0.39 is 0 Å². The highest BCUT2D eigenvalue weighted by molar-refractivity contribution is 6.19. The zero-order chi connectivity index (χ0) is 38.2. The minimum atomic E-state index is 0.893. The van der Waals surface area contributed by atoms with E-state index in [0.717, 1.165) is 55.5 Å². The monoisotopic (exact) mass is 737 g/mol. The summed E-state index contributed by atoms with van der Waals surface area (Å²) in [6.07, 6.45) is 0. The van der Waals surface area contributed by atoms with Gasteiger partial charge in [0.1, 0.15) is 11.2 Å². The molecule has 2 nitrogen and oxygen atoms in total. The Kier molecular flexibility index (Phi) is 7.26. The average Bonchev–Trinajstić information content (AvgIpc) is 3.69. The van der Waals surface area contributed by atoms with E-state index in [1.807, 2.05) is 0 Å². The molecule has 1 aromatic heterocycles. The summed E-state index contributed by atoms with van der Waals surface area (Å²) in [6, 6.07) is 77.1. The summed E-state index contributed by atoms with van der Waals surface area (Å²) in [5, 5.41) is 14.6. The van der Waals surface area contributed by atoms with Gasteiger partial charge in [-0.3, -0.25) is 0 Å². The maximum atomic E-state index is 6.61. The van der Waals surface area contributed by atoms with Gasteiger partial charge in [-0.2, -0.15) is 0 Å². The van der Waals surface area contributed by atoms with E-state index in [1.54, 1.807) is 0 Å². The van der Waals surface area contributed by atoms with Crippen molar-refractivity contribution in [3.05, 3.63) is 212 Å². The van der Waals surface area contributed by atoms with Crippen molar-refractivity contribution in [1.29, 1.82) is 0 Å². The summed E-state index contributed by atoms with van der Waals surface area (Å²) in [5.74, 6) is 0. The van der Waals surface area contributed by atoms with Crippen LogP contribution in [0.25, 0.3) is 98.1 Å². The van der Waals surface area contributed by atoms with Crippen LogP contribution in [-0.2, 0) is 0 Å². The van der Waals surface area contributed by atoms with Crippen molar-refractivity contribution in [2.75, 3.05) is 4.90 Å². The smallest absolute Gasteiger partial charge is 0.143 e. The highest BCUT2D eigenvalue weighted by Crippen LogP contribution is 2.45. The minimum Gasteiger partial charge on any atom is -0.455 e. The molecule has 58 heavy (non-hydrogen) atoms. The zero-order valence-corrected chi connectivity index (χ0v) is 31.6. The molecule has 0 aliphatic carbocycles. The summed E-state index contributed by atoms with van der Waals surface area (Å²) in [6.45, 7) is 0. The van der Waals surface area contributed by atoms with Crippen LogP contribution in [0.15, 0.2) is 217 Å². The maximum Gasteiger partial charge on any atom is 0.143 e. The predicted octanol–water partition coefficient (Wildman–Crippen LogP) is 16.2. The fourth-order valence-corrected chi connectivity index (χ4v) is 9.34. The Morgan fingerprint density at radius 1 is 0.310 bits per heavy atom. The van der Waals surface area contributed by atoms with E-state index in [9.17, 15) is 0 Å². The molecule has 0 atom stereocenters. The number of hydrogen-bond acceptors (Lipinski definition) is 2. The second-order valence-electron chi connectivity index (χ2n) is 15.2. The van der Waals surface area contributed by atoms with Crippen LogP contribution in [0.4, 0.5) is 17.1 Å². The first-order valence-electron chi connectivity index (χ1n) is 19.9. The van der Waals surface area contributed by atoms with E-state index in [-0.39, 0.29) is 0 Å². The Morgan fingerprint density at radius 3 is 1.64 bits per heavy atom. The van der Waals surface area contributed by atoms with Gasteiger partial charge >= 0.3 is 0 Å². The van der Waals surface area contributed by atoms with Crippen molar-refractivity contribution < 1.29 is 4.42 Å². The number of nitrogens with zero attached hydrogens (tertiary/aromatic N) is 1. The van der Waals surface area contributed by atoms with E-state index in [1.165, 1.54) is 59.6 Å². The normalized spacial score (nSPS) is 11.8. The summed E-state index contributed by atoms with van der Waals surface area (Å²) >= 11 is 0. The number of furan rings is 1. The second kappa shape index (κ2) is 12.9. The van der Waals surface area contributed by atoms with E-state index in [0.29, 0.717) is 0 Å². The zero-order valence-electron chi connectivity index (χ0n) is 31.6. The molecule has 0 bridgehead atoms. The Morgan fingerprint density at radius 2 is 0.879 bits per heavy atom. The molecular weight excluding hydrogens is 703 g/mol. The Hall–Kier alpha value is -7.68. The molecule has 0 radical (unpaired) electrons. The van der Waals surface area contributed by atoms with Gasteiger partial charge in [-0.1, -0.05) is 170 Å². The summed E-state index contributed by atoms with van der Waals surface area (Å²) in [7, 11) is 0. The van der Waals surface area contributed by atoms with Crippen molar-refractivity contribution in [3.8, 4) is 22.3 Å². The summed E-state index contributed by atoms with van der Waals surface area (Å²) in [5.41, 5.74) is 9.82. The van der Waals surface area contributed by atoms with Crippen molar-refractivity contribution in [2.24, 2.45) is 0 Å². The van der Waals surface area contributed by atoms with Gasteiger partial charge in [-0.15, -0.1) is 0 Å². The number of anilines is 3. The SMILES string of the molecule is c1cc(-c2cccc3oc4c5ccccc5ccc4c23)cc(N(c2ccc(-c3cccc4c3ccc3ccccc34)cc2)c2cccc3c2ccc2ccccc23)c1. The van der Waals surface area contributed by atoms with Crippen LogP contribution >= 0.6 is 0 Å². The molecule has 0 saturated heterocycles. The lowest BCUT2D eigenvalue weighted by Crippen LogP contribution is -2.10. The summed E-state index contributed by atoms with van der Waals surface area (Å²) in [4.78, 5) is 2.42. The first-order chi connectivity index (χ1) is 28.8. The molecule has 11 aromatic carbocycles. The van der Waals surface area contributed by atoms with Gasteiger partial charge in [0.05, 0.1) is 5.69 Å². The highest BCUT2D eigenvalue weighted by atomic mass is 16.3. The first kappa shape index (κ1) is 32.6. The van der Waals surface area contributed by atoms with E-state index in [4.69, 9.17) is 4.42 Å². The topological polar surface area (TPSA) is 16.4 Å². The van der Waals surface area contributed by atoms with Gasteiger partial charge in [0.25, 0.3) is 0 Å². The Bertz CT molecular complexity index is 3580. The lowest BCUT2D eigenvalue weighted by atomic mass is 9.94. The van der Waals surface area contributed by atoms with Crippen LogP contribution in [0.3, 0.4) is 0 Å². The van der Waals surface area contributed by atoms with Gasteiger partial charge < -0.3 is 9.32 Å². The van der Waals surface area contributed by atoms with Crippen molar-refractivity contribution in [1.82, 2.24) is 0 Å². The molecule has 270 valence electrons. The van der Waals surface area contributed by atoms with Gasteiger partial charge in [0, 0.05) is 32.9 Å². The second-order valence-corrected chi connectivity index (χ2v) is 15.2. The van der Waals surface area contributed by atoms with Gasteiger partial charge in [0.2, 0.25) is 0 Å². The molecule has 0 aliphatic heterocycles. The molecule has 0 unspecified atom stereocenters. The average molecular weight is 738 g/mol. The maximum absolute atomic E-state index is 6.61. The third kappa shape index (κ3) is 5.05. The van der Waals surface area contributed by atoms with Gasteiger partial charge in [-0.25, -0.2) is 0 Å². The number of hydrogen-bond donors (Lipinski definition) is 0. The van der Waals surface area contributed by atoms with Crippen LogP contribution in [0.5, 0.6) is 0 Å². The summed E-state index contributed by atoms with van der Waals surface area (Å²) < 4.78 is 6.61. The predicted molar refractivity (Wildman–Crippen MR) is 247 cm³/mol. The van der Waals surface area contributed by atoms with Gasteiger partial charge in [0.15, 0.2) is 0 Å². The molecule has 0 amide bonds.